The van der Waals surface area contributed by atoms with Crippen LogP contribution in [0.4, 0.5) is 5.69 Å². The fourth-order valence-corrected chi connectivity index (χ4v) is 4.32. The van der Waals surface area contributed by atoms with E-state index in [1.807, 2.05) is 40.1 Å². The zero-order valence-electron chi connectivity index (χ0n) is 15.1. The summed E-state index contributed by atoms with van der Waals surface area (Å²) in [6, 6.07) is 16.2. The summed E-state index contributed by atoms with van der Waals surface area (Å²) in [6.45, 7) is 3.03. The molecule has 0 fully saturated rings. The van der Waals surface area contributed by atoms with E-state index in [9.17, 15) is 9.59 Å². The molecule has 1 atom stereocenters. The van der Waals surface area contributed by atoms with Crippen LogP contribution in [0.25, 0.3) is 0 Å². The van der Waals surface area contributed by atoms with E-state index in [2.05, 4.69) is 18.2 Å². The Balaban J connectivity index is 1.63. The second-order valence-electron chi connectivity index (χ2n) is 7.16. The molecule has 4 nitrogen and oxygen atoms in total. The van der Waals surface area contributed by atoms with Crippen LogP contribution in [0.1, 0.15) is 42.5 Å². The molecular formula is C22H24N2O2. The second-order valence-corrected chi connectivity index (χ2v) is 7.16. The molecule has 0 bridgehead atoms. The van der Waals surface area contributed by atoms with Crippen molar-refractivity contribution in [3.05, 3.63) is 65.2 Å². The van der Waals surface area contributed by atoms with Gasteiger partial charge in [0.25, 0.3) is 0 Å². The Bertz CT molecular complexity index is 846. The lowest BCUT2D eigenvalue weighted by Gasteiger charge is -2.38. The average molecular weight is 348 g/mol. The summed E-state index contributed by atoms with van der Waals surface area (Å²) in [5.41, 5.74) is 4.64. The first-order chi connectivity index (χ1) is 12.6. The summed E-state index contributed by atoms with van der Waals surface area (Å²) >= 11 is 0. The van der Waals surface area contributed by atoms with Gasteiger partial charge in [0.1, 0.15) is 0 Å². The maximum Gasteiger partial charge on any atom is 0.229 e. The molecule has 0 radical (unpaired) electrons. The molecule has 0 N–H and O–H groups in total. The smallest absolute Gasteiger partial charge is 0.229 e. The van der Waals surface area contributed by atoms with Gasteiger partial charge in [-0.05, 0) is 42.0 Å². The summed E-state index contributed by atoms with van der Waals surface area (Å²) in [7, 11) is 0. The van der Waals surface area contributed by atoms with E-state index in [-0.39, 0.29) is 17.9 Å². The summed E-state index contributed by atoms with van der Waals surface area (Å²) < 4.78 is 0. The van der Waals surface area contributed by atoms with Crippen LogP contribution >= 0.6 is 0 Å². The number of para-hydroxylation sites is 1. The molecule has 0 aliphatic carbocycles. The standard InChI is InChI=1S/C22H24N2O2/c1-16(25)23-14-12-17-7-2-4-10-19(17)21(23)15-22(26)24-13-6-9-18-8-3-5-11-20(18)24/h2-5,7-8,10-11,21H,6,9,12-15H2,1H3. The van der Waals surface area contributed by atoms with Crippen molar-refractivity contribution in [2.75, 3.05) is 18.0 Å². The lowest BCUT2D eigenvalue weighted by Crippen LogP contribution is -2.43. The van der Waals surface area contributed by atoms with Gasteiger partial charge in [-0.15, -0.1) is 0 Å². The first-order valence-corrected chi connectivity index (χ1v) is 9.38. The Morgan fingerprint density at radius 3 is 2.50 bits per heavy atom. The fraction of sp³-hybridized carbons (Fsp3) is 0.364. The van der Waals surface area contributed by atoms with Crippen molar-refractivity contribution in [2.24, 2.45) is 0 Å². The highest BCUT2D eigenvalue weighted by Gasteiger charge is 2.33. The molecule has 0 spiro atoms. The van der Waals surface area contributed by atoms with Crippen molar-refractivity contribution in [3.8, 4) is 0 Å². The van der Waals surface area contributed by atoms with Crippen molar-refractivity contribution >= 4 is 17.5 Å². The van der Waals surface area contributed by atoms with Gasteiger partial charge in [0, 0.05) is 25.7 Å². The lowest BCUT2D eigenvalue weighted by molar-refractivity contribution is -0.133. The number of rotatable bonds is 2. The van der Waals surface area contributed by atoms with Crippen molar-refractivity contribution in [2.45, 2.75) is 38.6 Å². The van der Waals surface area contributed by atoms with Gasteiger partial charge in [-0.1, -0.05) is 42.5 Å². The summed E-state index contributed by atoms with van der Waals surface area (Å²) in [4.78, 5) is 29.1. The Labute approximate surface area is 154 Å². The molecule has 4 rings (SSSR count). The summed E-state index contributed by atoms with van der Waals surface area (Å²) in [5.74, 6) is 0.140. The average Bonchev–Trinajstić information content (AvgIpc) is 2.67. The molecule has 0 aromatic heterocycles. The van der Waals surface area contributed by atoms with E-state index in [0.717, 1.165) is 37.1 Å². The van der Waals surface area contributed by atoms with Crippen molar-refractivity contribution in [3.63, 3.8) is 0 Å². The van der Waals surface area contributed by atoms with Crippen molar-refractivity contribution < 1.29 is 9.59 Å². The number of amides is 2. The molecule has 1 unspecified atom stereocenters. The SMILES string of the molecule is CC(=O)N1CCc2ccccc2C1CC(=O)N1CCCc2ccccc21. The minimum absolute atomic E-state index is 0.0383. The first kappa shape index (κ1) is 16.8. The van der Waals surface area contributed by atoms with Crippen molar-refractivity contribution in [1.82, 2.24) is 4.90 Å². The van der Waals surface area contributed by atoms with Crippen LogP contribution in [0.5, 0.6) is 0 Å². The number of hydrogen-bond donors (Lipinski definition) is 0. The summed E-state index contributed by atoms with van der Waals surface area (Å²) in [5, 5.41) is 0. The third-order valence-electron chi connectivity index (χ3n) is 5.60. The molecule has 2 heterocycles. The molecule has 2 aliphatic heterocycles. The molecule has 26 heavy (non-hydrogen) atoms. The van der Waals surface area contributed by atoms with Gasteiger partial charge in [0.15, 0.2) is 0 Å². The Morgan fingerprint density at radius 1 is 0.962 bits per heavy atom. The zero-order chi connectivity index (χ0) is 18.1. The molecule has 134 valence electrons. The zero-order valence-corrected chi connectivity index (χ0v) is 15.1. The molecule has 2 aliphatic rings. The molecule has 2 aromatic carbocycles. The predicted molar refractivity (Wildman–Crippen MR) is 102 cm³/mol. The topological polar surface area (TPSA) is 40.6 Å². The Kier molecular flexibility index (Phi) is 4.49. The number of nitrogens with zero attached hydrogens (tertiary/aromatic N) is 2. The second kappa shape index (κ2) is 6.94. The minimum Gasteiger partial charge on any atom is -0.335 e. The van der Waals surface area contributed by atoms with Gasteiger partial charge >= 0.3 is 0 Å². The van der Waals surface area contributed by atoms with Gasteiger partial charge in [0.05, 0.1) is 12.5 Å². The van der Waals surface area contributed by atoms with Crippen LogP contribution in [0.15, 0.2) is 48.5 Å². The quantitative estimate of drug-likeness (QED) is 0.833. The van der Waals surface area contributed by atoms with E-state index in [1.54, 1.807) is 6.92 Å². The molecule has 2 amide bonds. The van der Waals surface area contributed by atoms with Crippen LogP contribution in [-0.2, 0) is 22.4 Å². The molecule has 0 saturated heterocycles. The molecular weight excluding hydrogens is 324 g/mol. The van der Waals surface area contributed by atoms with Crippen LogP contribution in [-0.4, -0.2) is 29.8 Å². The summed E-state index contributed by atoms with van der Waals surface area (Å²) in [6.07, 6.45) is 3.20. The third kappa shape index (κ3) is 3.00. The van der Waals surface area contributed by atoms with E-state index >= 15 is 0 Å². The predicted octanol–water partition coefficient (Wildman–Crippen LogP) is 3.50. The van der Waals surface area contributed by atoms with Gasteiger partial charge in [-0.3, -0.25) is 9.59 Å². The lowest BCUT2D eigenvalue weighted by atomic mass is 9.90. The van der Waals surface area contributed by atoms with Crippen LogP contribution in [0, 0.1) is 0 Å². The van der Waals surface area contributed by atoms with Crippen LogP contribution < -0.4 is 4.90 Å². The fourth-order valence-electron chi connectivity index (χ4n) is 4.32. The largest absolute Gasteiger partial charge is 0.335 e. The molecule has 2 aromatic rings. The molecule has 4 heteroatoms. The number of fused-ring (bicyclic) bond motifs is 2. The Morgan fingerprint density at radius 2 is 1.69 bits per heavy atom. The van der Waals surface area contributed by atoms with E-state index in [1.165, 1.54) is 11.1 Å². The first-order valence-electron chi connectivity index (χ1n) is 9.38. The highest BCUT2D eigenvalue weighted by atomic mass is 16.2. The maximum absolute atomic E-state index is 13.2. The van der Waals surface area contributed by atoms with Crippen LogP contribution in [0.3, 0.4) is 0 Å². The highest BCUT2D eigenvalue weighted by molar-refractivity contribution is 5.95. The number of carbonyl (C=O) groups excluding carboxylic acids is 2. The van der Waals surface area contributed by atoms with Gasteiger partial charge in [-0.25, -0.2) is 0 Å². The Hall–Kier alpha value is -2.62. The van der Waals surface area contributed by atoms with Crippen LogP contribution in [0.2, 0.25) is 0 Å². The minimum atomic E-state index is -0.168. The highest BCUT2D eigenvalue weighted by Crippen LogP contribution is 2.34. The van der Waals surface area contributed by atoms with E-state index in [4.69, 9.17) is 0 Å². The third-order valence-corrected chi connectivity index (χ3v) is 5.60. The number of benzene rings is 2. The maximum atomic E-state index is 13.2. The van der Waals surface area contributed by atoms with Crippen molar-refractivity contribution in [1.29, 1.82) is 0 Å². The number of aryl methyl sites for hydroxylation is 1. The monoisotopic (exact) mass is 348 g/mol. The molecule has 0 saturated carbocycles. The number of carbonyl (C=O) groups is 2. The van der Waals surface area contributed by atoms with Gasteiger partial charge in [0.2, 0.25) is 11.8 Å². The van der Waals surface area contributed by atoms with E-state index < -0.39 is 0 Å². The van der Waals surface area contributed by atoms with E-state index in [0.29, 0.717) is 13.0 Å². The van der Waals surface area contributed by atoms with Gasteiger partial charge < -0.3 is 9.80 Å². The number of anilines is 1. The normalized spacial score (nSPS) is 18.9. The van der Waals surface area contributed by atoms with Gasteiger partial charge in [-0.2, -0.15) is 0 Å². The number of hydrogen-bond acceptors (Lipinski definition) is 2.